The van der Waals surface area contributed by atoms with Crippen LogP contribution in [-0.4, -0.2) is 36.2 Å². The Morgan fingerprint density at radius 3 is 2.85 bits per heavy atom. The van der Waals surface area contributed by atoms with E-state index in [1.807, 2.05) is 12.1 Å². The van der Waals surface area contributed by atoms with Crippen LogP contribution in [-0.2, 0) is 11.3 Å². The molecule has 4 nitrogen and oxygen atoms in total. The van der Waals surface area contributed by atoms with E-state index in [0.717, 1.165) is 38.3 Å². The molecule has 2 atom stereocenters. The Labute approximate surface area is 122 Å². The first-order valence-electron chi connectivity index (χ1n) is 7.70. The number of nitrogens with two attached hydrogens (primary N) is 1. The fourth-order valence-electron chi connectivity index (χ4n) is 3.17. The van der Waals surface area contributed by atoms with Gasteiger partial charge in [0.15, 0.2) is 0 Å². The van der Waals surface area contributed by atoms with E-state index in [1.54, 1.807) is 6.26 Å². The van der Waals surface area contributed by atoms with Crippen molar-refractivity contribution in [3.05, 3.63) is 24.2 Å². The summed E-state index contributed by atoms with van der Waals surface area (Å²) in [7, 11) is 0. The van der Waals surface area contributed by atoms with Crippen molar-refractivity contribution >= 4 is 0 Å². The lowest BCUT2D eigenvalue weighted by Crippen LogP contribution is -2.58. The average Bonchev–Trinajstić information content (AvgIpc) is 2.97. The third kappa shape index (κ3) is 3.25. The molecule has 1 fully saturated rings. The first kappa shape index (κ1) is 15.5. The van der Waals surface area contributed by atoms with Crippen molar-refractivity contribution in [3.63, 3.8) is 0 Å². The highest BCUT2D eigenvalue weighted by Gasteiger charge is 2.41. The highest BCUT2D eigenvalue weighted by molar-refractivity contribution is 5.02. The third-order valence-electron chi connectivity index (χ3n) is 4.58. The van der Waals surface area contributed by atoms with Gasteiger partial charge in [0.05, 0.1) is 18.9 Å². The van der Waals surface area contributed by atoms with Crippen molar-refractivity contribution in [1.82, 2.24) is 4.90 Å². The van der Waals surface area contributed by atoms with E-state index in [9.17, 15) is 0 Å². The lowest BCUT2D eigenvalue weighted by atomic mass is 9.81. The lowest BCUT2D eigenvalue weighted by molar-refractivity contribution is -0.0900. The van der Waals surface area contributed by atoms with Crippen molar-refractivity contribution in [2.75, 3.05) is 19.7 Å². The number of rotatable bonds is 6. The molecule has 4 heteroatoms. The van der Waals surface area contributed by atoms with Crippen LogP contribution in [0.5, 0.6) is 0 Å². The summed E-state index contributed by atoms with van der Waals surface area (Å²) in [5, 5.41) is 0. The summed E-state index contributed by atoms with van der Waals surface area (Å²) in [6.45, 7) is 9.91. The van der Waals surface area contributed by atoms with Crippen LogP contribution in [0.15, 0.2) is 22.8 Å². The summed E-state index contributed by atoms with van der Waals surface area (Å²) in [6.07, 6.45) is 4.05. The highest BCUT2D eigenvalue weighted by Crippen LogP contribution is 2.34. The number of ether oxygens (including phenoxy) is 1. The number of likely N-dealkylation sites (N-methyl/N-ethyl adjacent to an activating group) is 1. The van der Waals surface area contributed by atoms with E-state index in [4.69, 9.17) is 14.9 Å². The normalized spacial score (nSPS) is 27.4. The quantitative estimate of drug-likeness (QED) is 0.870. The Kier molecular flexibility index (Phi) is 5.24. The Bertz CT molecular complexity index is 391. The van der Waals surface area contributed by atoms with Gasteiger partial charge in [-0.15, -0.1) is 0 Å². The first-order valence-corrected chi connectivity index (χ1v) is 7.70. The zero-order valence-corrected chi connectivity index (χ0v) is 13.0. The average molecular weight is 280 g/mol. The maximum absolute atomic E-state index is 6.18. The highest BCUT2D eigenvalue weighted by atomic mass is 16.5. The summed E-state index contributed by atoms with van der Waals surface area (Å²) < 4.78 is 11.4. The molecule has 1 aromatic heterocycles. The van der Waals surface area contributed by atoms with E-state index < -0.39 is 0 Å². The Balaban J connectivity index is 2.14. The molecule has 1 aliphatic rings. The maximum atomic E-state index is 6.18. The molecule has 2 rings (SSSR count). The Morgan fingerprint density at radius 2 is 2.30 bits per heavy atom. The molecule has 0 radical (unpaired) electrons. The van der Waals surface area contributed by atoms with Crippen LogP contribution >= 0.6 is 0 Å². The monoisotopic (exact) mass is 280 g/mol. The number of nitrogens with zero attached hydrogens (tertiary/aromatic N) is 1. The van der Waals surface area contributed by atoms with Crippen LogP contribution < -0.4 is 5.73 Å². The fourth-order valence-corrected chi connectivity index (χ4v) is 3.17. The molecule has 1 aliphatic heterocycles. The van der Waals surface area contributed by atoms with Crippen molar-refractivity contribution < 1.29 is 9.15 Å². The molecule has 0 bridgehead atoms. The predicted molar refractivity (Wildman–Crippen MR) is 80.4 cm³/mol. The molecule has 2 unspecified atom stereocenters. The minimum Gasteiger partial charge on any atom is -0.468 e. The summed E-state index contributed by atoms with van der Waals surface area (Å²) in [5.74, 6) is 1.54. The van der Waals surface area contributed by atoms with Gasteiger partial charge in [0.25, 0.3) is 0 Å². The maximum Gasteiger partial charge on any atom is 0.117 e. The third-order valence-corrected chi connectivity index (χ3v) is 4.58. The molecule has 0 spiro atoms. The minimum absolute atomic E-state index is 0.0364. The zero-order chi connectivity index (χ0) is 14.6. The van der Waals surface area contributed by atoms with Gasteiger partial charge >= 0.3 is 0 Å². The van der Waals surface area contributed by atoms with Crippen molar-refractivity contribution in [2.45, 2.75) is 51.8 Å². The molecule has 0 amide bonds. The second-order valence-corrected chi connectivity index (χ2v) is 6.13. The molecule has 0 saturated carbocycles. The second-order valence-electron chi connectivity index (χ2n) is 6.13. The predicted octanol–water partition coefficient (Wildman–Crippen LogP) is 2.63. The fraction of sp³-hybridized carbons (Fsp3) is 0.750. The summed E-state index contributed by atoms with van der Waals surface area (Å²) in [5.41, 5.74) is 6.21. The second kappa shape index (κ2) is 6.74. The molecule has 1 saturated heterocycles. The van der Waals surface area contributed by atoms with Crippen LogP contribution in [0.1, 0.15) is 39.4 Å². The van der Waals surface area contributed by atoms with Gasteiger partial charge in [0.1, 0.15) is 5.76 Å². The van der Waals surface area contributed by atoms with Crippen LogP contribution in [0.2, 0.25) is 0 Å². The van der Waals surface area contributed by atoms with E-state index in [-0.39, 0.29) is 5.54 Å². The van der Waals surface area contributed by atoms with Gasteiger partial charge in [-0.1, -0.05) is 20.8 Å². The van der Waals surface area contributed by atoms with Crippen molar-refractivity contribution in [1.29, 1.82) is 0 Å². The number of hydrogen-bond donors (Lipinski definition) is 1. The summed E-state index contributed by atoms with van der Waals surface area (Å²) in [4.78, 5) is 2.46. The van der Waals surface area contributed by atoms with Gasteiger partial charge in [0, 0.05) is 18.7 Å². The van der Waals surface area contributed by atoms with E-state index in [2.05, 4.69) is 25.7 Å². The van der Waals surface area contributed by atoms with Crippen molar-refractivity contribution in [2.24, 2.45) is 11.7 Å². The van der Waals surface area contributed by atoms with E-state index in [0.29, 0.717) is 18.6 Å². The van der Waals surface area contributed by atoms with Crippen LogP contribution in [0.4, 0.5) is 0 Å². The van der Waals surface area contributed by atoms with Gasteiger partial charge in [0.2, 0.25) is 0 Å². The van der Waals surface area contributed by atoms with Crippen LogP contribution in [0.25, 0.3) is 0 Å². The van der Waals surface area contributed by atoms with E-state index >= 15 is 0 Å². The van der Waals surface area contributed by atoms with E-state index in [1.165, 1.54) is 0 Å². The zero-order valence-electron chi connectivity index (χ0n) is 13.0. The molecule has 2 N–H and O–H groups in total. The topological polar surface area (TPSA) is 51.6 Å². The van der Waals surface area contributed by atoms with Crippen molar-refractivity contribution in [3.8, 4) is 0 Å². The van der Waals surface area contributed by atoms with Crippen LogP contribution in [0, 0.1) is 5.92 Å². The lowest BCUT2D eigenvalue weighted by Gasteiger charge is -2.48. The molecular weight excluding hydrogens is 252 g/mol. The number of hydrogen-bond acceptors (Lipinski definition) is 4. The summed E-state index contributed by atoms with van der Waals surface area (Å²) in [6, 6.07) is 3.98. The Morgan fingerprint density at radius 1 is 1.50 bits per heavy atom. The smallest absolute Gasteiger partial charge is 0.117 e. The van der Waals surface area contributed by atoms with Gasteiger partial charge in [-0.25, -0.2) is 0 Å². The molecule has 1 aromatic rings. The molecule has 20 heavy (non-hydrogen) atoms. The van der Waals surface area contributed by atoms with Crippen LogP contribution in [0.3, 0.4) is 0 Å². The standard InChI is InChI=1S/C16H28N2O2/c1-4-18(11-14-6-5-8-19-14)16(12-17)7-9-20-15(10-16)13(2)3/h5-6,8,13,15H,4,7,9-12,17H2,1-3H3. The minimum atomic E-state index is 0.0364. The largest absolute Gasteiger partial charge is 0.468 e. The SMILES string of the molecule is CCN(Cc1ccco1)C1(CN)CCOC(C(C)C)C1. The summed E-state index contributed by atoms with van der Waals surface area (Å²) >= 11 is 0. The first-order chi connectivity index (χ1) is 9.61. The number of furan rings is 1. The Hall–Kier alpha value is -0.840. The molecule has 2 heterocycles. The van der Waals surface area contributed by atoms with Gasteiger partial charge in [-0.05, 0) is 37.4 Å². The molecule has 0 aliphatic carbocycles. The van der Waals surface area contributed by atoms with Gasteiger partial charge < -0.3 is 14.9 Å². The molecular formula is C16H28N2O2. The van der Waals surface area contributed by atoms with Gasteiger partial charge in [-0.2, -0.15) is 0 Å². The molecule has 0 aromatic carbocycles. The molecule has 114 valence electrons. The van der Waals surface area contributed by atoms with Gasteiger partial charge in [-0.3, -0.25) is 4.90 Å².